The van der Waals surface area contributed by atoms with Crippen molar-refractivity contribution in [1.82, 2.24) is 18.6 Å². The molecule has 0 aliphatic heterocycles. The van der Waals surface area contributed by atoms with Crippen molar-refractivity contribution in [1.29, 1.82) is 0 Å². The van der Waals surface area contributed by atoms with Crippen molar-refractivity contribution in [3.05, 3.63) is 44.1 Å². The monoisotopic (exact) mass is 2070 g/mol. The molecular formula is C94H237ClN4O17Si12. The van der Waals surface area contributed by atoms with Crippen LogP contribution in [0.2, 0.25) is 229 Å². The molecule has 0 saturated carbocycles. The lowest BCUT2D eigenvalue weighted by Gasteiger charge is -2.37. The molecule has 0 aliphatic carbocycles. The van der Waals surface area contributed by atoms with Gasteiger partial charge in [-0.25, -0.2) is 28.1 Å². The van der Waals surface area contributed by atoms with E-state index in [1.54, 1.807) is 49.2 Å². The summed E-state index contributed by atoms with van der Waals surface area (Å²) in [5, 5.41) is 8.52. The Labute approximate surface area is 820 Å². The van der Waals surface area contributed by atoms with E-state index in [0.29, 0.717) is 37.3 Å². The topological polar surface area (TPSA) is 209 Å². The molecule has 0 spiro atoms. The number of halogens is 1. The smallest absolute Gasteiger partial charge is 0.335 e. The third-order valence-electron chi connectivity index (χ3n) is 9.67. The number of alkyl halides is 1. The first-order chi connectivity index (χ1) is 54.6. The van der Waals surface area contributed by atoms with Crippen LogP contribution < -0.4 is 17.1 Å². The molecule has 0 fully saturated rings. The maximum atomic E-state index is 11.1. The van der Waals surface area contributed by atoms with E-state index in [0.717, 1.165) is 39.2 Å². The molecule has 0 bridgehead atoms. The second kappa shape index (κ2) is 73.5. The Balaban J connectivity index is -0.0000000837. The highest BCUT2D eigenvalue weighted by atomic mass is 35.5. The average molecular weight is 2070 g/mol. The Morgan fingerprint density at radius 2 is 0.633 bits per heavy atom. The van der Waals surface area contributed by atoms with Gasteiger partial charge in [0, 0.05) is 96.5 Å². The maximum Gasteiger partial charge on any atom is 0.335 e. The molecule has 34 heteroatoms. The summed E-state index contributed by atoms with van der Waals surface area (Å²) in [6.07, 6.45) is 4.11. The summed E-state index contributed by atoms with van der Waals surface area (Å²) < 4.78 is 75.1. The van der Waals surface area contributed by atoms with Crippen molar-refractivity contribution in [3.8, 4) is 0 Å². The second-order valence-corrected chi connectivity index (χ2v) is 109. The van der Waals surface area contributed by atoms with Crippen molar-refractivity contribution in [3.63, 3.8) is 0 Å². The number of hydrogen-bond acceptors (Lipinski definition) is 18. The van der Waals surface area contributed by atoms with Gasteiger partial charge in [0.05, 0.1) is 48.8 Å². The summed E-state index contributed by atoms with van der Waals surface area (Å²) in [7, 11) is 1.39. The fourth-order valence-corrected chi connectivity index (χ4v) is 39.0. The highest BCUT2D eigenvalue weighted by molar-refractivity contribution is 6.87. The largest absolute Gasteiger partial charge is 0.456 e. The Morgan fingerprint density at radius 3 is 0.773 bits per heavy atom. The van der Waals surface area contributed by atoms with Crippen LogP contribution in [0.3, 0.4) is 0 Å². The zero-order valence-corrected chi connectivity index (χ0v) is 113. The number of aromatic nitrogens is 3. The molecule has 1 heterocycles. The third-order valence-corrected chi connectivity index (χ3v) is 33.2. The fourth-order valence-electron chi connectivity index (χ4n) is 7.98. The highest BCUT2D eigenvalue weighted by Crippen LogP contribution is 2.26. The van der Waals surface area contributed by atoms with E-state index in [1.165, 1.54) is 21.1 Å². The molecule has 0 amide bonds. The number of nitrogens with zero attached hydrogens (tertiary/aromatic N) is 4. The van der Waals surface area contributed by atoms with Crippen molar-refractivity contribution in [2.45, 2.75) is 474 Å². The molecule has 0 radical (unpaired) electrons. The fraction of sp³-hybridized carbons (Fsp3) is 0.947. The first-order valence-electron chi connectivity index (χ1n) is 46.3. The van der Waals surface area contributed by atoms with Gasteiger partial charge in [0.15, 0.2) is 49.9 Å². The van der Waals surface area contributed by atoms with Gasteiger partial charge in [-0.05, 0) is 340 Å². The summed E-state index contributed by atoms with van der Waals surface area (Å²) >= 11 is 5.53. The number of methoxy groups -OCH3 is 3. The van der Waals surface area contributed by atoms with Gasteiger partial charge in [-0.2, -0.15) is 0 Å². The number of hydrogen-bond donors (Lipinski definition) is 1. The molecular weight excluding hydrogens is 1830 g/mol. The summed E-state index contributed by atoms with van der Waals surface area (Å²) in [5.41, 5.74) is -1.51. The van der Waals surface area contributed by atoms with E-state index >= 15 is 0 Å². The predicted molar refractivity (Wildman–Crippen MR) is 609 cm³/mol. The zero-order chi connectivity index (χ0) is 108. The standard InChI is InChI=1S/C14H34O4Si2.C8H24O2Si3.C7H16O2.C7H18OSi.C7H14.C6H9N3O3.C6H16O2Si.C6H18OSi2.C5H12O.C5H12.C4H9Cl.C4H10O.3C4H12Si.C3H9N/c1-14(2,3)17-20(7,8)18-19(5,6)13-9-10-16-12-11-15-4;1-11(2,3)9-13(7,8)10-12(4,5)6;1-7(2,3)9-6-5-8-4;1-7(2,3)8-9(4,5)6;1-5-6-7(2,3)4;1-7-4(10)8(2)6(12)9(3)5(7)11;1-6(2,3)8-9(5)7-4;1-8(2,3)7-9(4,5)6;1-5(2,3)6-4;1-5(2,3)4;2*1-4(2,3)5;3*1-5(2,3)4;1-4(2)3/h9-13H2,1-8H3;1-8H3;5-6H2,1-4H3;1-6H3;5H,1,6H2,2-4H3;1-3H3;9H,1-5H3;1-6H3;1-4H3;1-4H3;1-3H3;5H,1-3H3;3*1-4H3;1-3H3. The molecule has 1 aromatic rings. The molecule has 1 N–H and O–H groups in total. The summed E-state index contributed by atoms with van der Waals surface area (Å²) in [5.74, 6) is 0. The molecule has 1 rings (SSSR count). The molecule has 21 nitrogen and oxygen atoms in total. The Kier molecular flexibility index (Phi) is 93.1. The predicted octanol–water partition coefficient (Wildman–Crippen LogP) is 27.9. The lowest BCUT2D eigenvalue weighted by atomic mass is 9.93. The van der Waals surface area contributed by atoms with Gasteiger partial charge >= 0.3 is 43.5 Å². The SMILES string of the molecule is C=CCC(C)(C)C.CC(C)(C)C.CC(C)(C)Cl.CC(C)(C)O.CC(C)(C)O[Si](C)(C)C.CN(C)C.COC(C)(C)C.COCCOC(C)(C)C.COCCOCCC[Si](C)(C)O[Si](C)(C)OC(C)(C)C.CO[SiH](C)OC(C)(C)C.C[Si](C)(C)C.C[Si](C)(C)C.C[Si](C)(C)C.C[Si](C)(C)O[Si](C)(C)C.C[Si](C)(C)O[Si](C)(C)O[Si](C)(C)C.Cn1c(=O)n(C)c(=O)n(C)c1=O. The molecule has 1 unspecified atom stereocenters. The van der Waals surface area contributed by atoms with Gasteiger partial charge in [-0.15, -0.1) is 18.2 Å². The second-order valence-electron chi connectivity index (χ2n) is 53.1. The first kappa shape index (κ1) is 162. The van der Waals surface area contributed by atoms with E-state index in [9.17, 15) is 14.4 Å². The van der Waals surface area contributed by atoms with E-state index < -0.39 is 123 Å². The van der Waals surface area contributed by atoms with Gasteiger partial charge in [-0.3, -0.25) is 0 Å². The van der Waals surface area contributed by atoms with Gasteiger partial charge in [0.2, 0.25) is 0 Å². The Hall–Kier alpha value is 0.443. The lowest BCUT2D eigenvalue weighted by Crippen LogP contribution is -2.51. The highest BCUT2D eigenvalue weighted by Gasteiger charge is 2.38. The molecule has 0 aromatic carbocycles. The minimum atomic E-state index is -2.05. The summed E-state index contributed by atoms with van der Waals surface area (Å²) in [6, 6.07) is 1.10. The van der Waals surface area contributed by atoms with Crippen molar-refractivity contribution >= 4 is 112 Å². The van der Waals surface area contributed by atoms with Crippen LogP contribution in [0.15, 0.2) is 27.0 Å². The van der Waals surface area contributed by atoms with Crippen LogP contribution in [0.25, 0.3) is 0 Å². The summed E-state index contributed by atoms with van der Waals surface area (Å²) in [6.45, 7) is 141. The minimum Gasteiger partial charge on any atom is -0.456 e. The third kappa shape index (κ3) is 249. The normalized spacial score (nSPS) is 12.8. The first-order valence-corrected chi connectivity index (χ1v) is 86.5. The summed E-state index contributed by atoms with van der Waals surface area (Å²) in [4.78, 5) is 35.2. The van der Waals surface area contributed by atoms with Gasteiger partial charge in [0.25, 0.3) is 0 Å². The number of allylic oxidation sites excluding steroid dienone is 1. The maximum absolute atomic E-state index is 11.1. The van der Waals surface area contributed by atoms with Crippen molar-refractivity contribution in [2.24, 2.45) is 32.0 Å². The molecule has 0 saturated heterocycles. The van der Waals surface area contributed by atoms with E-state index in [1.807, 2.05) is 122 Å². The Morgan fingerprint density at radius 1 is 0.391 bits per heavy atom. The van der Waals surface area contributed by atoms with Gasteiger partial charge in [-0.1, -0.05) is 133 Å². The number of aliphatic hydroxyl groups is 1. The van der Waals surface area contributed by atoms with Crippen LogP contribution in [0.1, 0.15) is 207 Å². The number of rotatable bonds is 23. The van der Waals surface area contributed by atoms with Crippen molar-refractivity contribution < 1.29 is 63.0 Å². The minimum absolute atomic E-state index is 0.0278. The quantitative estimate of drug-likeness (QED) is 0.0467. The molecule has 128 heavy (non-hydrogen) atoms. The zero-order valence-electron chi connectivity index (χ0n) is 100. The van der Waals surface area contributed by atoms with Gasteiger partial charge in [0.1, 0.15) is 0 Å². The van der Waals surface area contributed by atoms with Crippen LogP contribution in [0.4, 0.5) is 0 Å². The number of ether oxygens (including phenoxy) is 5. The van der Waals surface area contributed by atoms with Crippen LogP contribution in [-0.2, 0) is 79.0 Å². The molecule has 1 aromatic heterocycles. The van der Waals surface area contributed by atoms with E-state index in [-0.39, 0.29) is 32.9 Å². The molecule has 790 valence electrons. The lowest BCUT2D eigenvalue weighted by molar-refractivity contribution is -0.0271. The Bertz CT molecular complexity index is 2610. The van der Waals surface area contributed by atoms with Crippen LogP contribution >= 0.6 is 11.6 Å². The molecule has 0 aliphatic rings. The van der Waals surface area contributed by atoms with Crippen LogP contribution in [0.5, 0.6) is 0 Å². The van der Waals surface area contributed by atoms with Crippen LogP contribution in [0, 0.1) is 10.8 Å². The average Bonchev–Trinajstić information content (AvgIpc) is 0.811. The van der Waals surface area contributed by atoms with E-state index in [4.69, 9.17) is 74.6 Å². The molecule has 1 atom stereocenters. The van der Waals surface area contributed by atoms with Crippen molar-refractivity contribution in [2.75, 3.05) is 82.6 Å². The van der Waals surface area contributed by atoms with E-state index in [2.05, 4.69) is 313 Å². The van der Waals surface area contributed by atoms with Crippen LogP contribution in [-0.4, -0.2) is 245 Å². The van der Waals surface area contributed by atoms with Gasteiger partial charge < -0.3 is 67.9 Å².